The van der Waals surface area contributed by atoms with E-state index >= 15 is 0 Å². The Morgan fingerprint density at radius 1 is 1.55 bits per heavy atom. The van der Waals surface area contributed by atoms with Crippen LogP contribution in [0.25, 0.3) is 0 Å². The van der Waals surface area contributed by atoms with Crippen molar-refractivity contribution in [2.24, 2.45) is 0 Å². The van der Waals surface area contributed by atoms with Crippen molar-refractivity contribution in [2.45, 2.75) is 45.3 Å². The molecule has 0 aromatic carbocycles. The molecule has 1 N–H and O–H groups in total. The van der Waals surface area contributed by atoms with Crippen LogP contribution in [0.3, 0.4) is 0 Å². The van der Waals surface area contributed by atoms with Crippen molar-refractivity contribution >= 4 is 0 Å². The van der Waals surface area contributed by atoms with E-state index in [-0.39, 0.29) is 5.60 Å². The normalized spacial score (nSPS) is 36.8. The lowest BCUT2D eigenvalue weighted by molar-refractivity contribution is -0.166. The second-order valence-electron chi connectivity index (χ2n) is 3.48. The molecule has 2 nitrogen and oxygen atoms in total. The monoisotopic (exact) mass is 157 g/mol. The minimum atomic E-state index is 0.120. The van der Waals surface area contributed by atoms with Gasteiger partial charge in [-0.05, 0) is 26.3 Å². The maximum atomic E-state index is 5.51. The molecule has 0 aliphatic carbocycles. The van der Waals surface area contributed by atoms with E-state index in [0.29, 0.717) is 6.04 Å². The maximum absolute atomic E-state index is 5.51. The first-order chi connectivity index (χ1) is 5.23. The third-order valence-electron chi connectivity index (χ3n) is 2.66. The highest BCUT2D eigenvalue weighted by molar-refractivity contribution is 4.96. The van der Waals surface area contributed by atoms with Crippen molar-refractivity contribution < 1.29 is 4.74 Å². The van der Waals surface area contributed by atoms with Crippen molar-refractivity contribution in [3.8, 4) is 0 Å². The fourth-order valence-corrected chi connectivity index (χ4v) is 1.39. The first kappa shape index (κ1) is 9.01. The van der Waals surface area contributed by atoms with Crippen molar-refractivity contribution in [3.63, 3.8) is 0 Å². The summed E-state index contributed by atoms with van der Waals surface area (Å²) in [5.41, 5.74) is 0.120. The van der Waals surface area contributed by atoms with Gasteiger partial charge >= 0.3 is 0 Å². The number of hydrogen-bond donors (Lipinski definition) is 1. The minimum Gasteiger partial charge on any atom is -0.372 e. The molecule has 11 heavy (non-hydrogen) atoms. The summed E-state index contributed by atoms with van der Waals surface area (Å²) < 4.78 is 5.51. The van der Waals surface area contributed by atoms with Crippen LogP contribution in [0.4, 0.5) is 0 Å². The maximum Gasteiger partial charge on any atom is 0.0827 e. The molecule has 0 radical (unpaired) electrons. The van der Waals surface area contributed by atoms with Gasteiger partial charge in [0, 0.05) is 0 Å². The molecule has 0 saturated carbocycles. The largest absolute Gasteiger partial charge is 0.372 e. The lowest BCUT2D eigenvalue weighted by Crippen LogP contribution is -2.62. The van der Waals surface area contributed by atoms with Crippen LogP contribution < -0.4 is 5.32 Å². The molecular formula is C9H19NO. The second-order valence-corrected chi connectivity index (χ2v) is 3.48. The number of ether oxygens (including phenoxy) is 1. The standard InChI is InChI=1S/C9H19NO/c1-4-6-10-8-7-11-9(8,3)5-2/h8,10H,4-7H2,1-3H3. The smallest absolute Gasteiger partial charge is 0.0827 e. The highest BCUT2D eigenvalue weighted by Crippen LogP contribution is 2.29. The van der Waals surface area contributed by atoms with Crippen LogP contribution in [-0.4, -0.2) is 24.8 Å². The van der Waals surface area contributed by atoms with Crippen molar-refractivity contribution in [2.75, 3.05) is 13.2 Å². The molecule has 0 amide bonds. The van der Waals surface area contributed by atoms with Gasteiger partial charge in [-0.1, -0.05) is 13.8 Å². The fraction of sp³-hybridized carbons (Fsp3) is 1.00. The van der Waals surface area contributed by atoms with Gasteiger partial charge < -0.3 is 10.1 Å². The zero-order chi connectivity index (χ0) is 8.32. The first-order valence-corrected chi connectivity index (χ1v) is 4.60. The zero-order valence-corrected chi connectivity index (χ0v) is 7.81. The summed E-state index contributed by atoms with van der Waals surface area (Å²) in [6.07, 6.45) is 2.31. The summed E-state index contributed by atoms with van der Waals surface area (Å²) in [5, 5.41) is 3.49. The van der Waals surface area contributed by atoms with E-state index in [1.807, 2.05) is 0 Å². The van der Waals surface area contributed by atoms with Crippen LogP contribution >= 0.6 is 0 Å². The average Bonchev–Trinajstić information content (AvgIpc) is 2.02. The predicted octanol–water partition coefficient (Wildman–Crippen LogP) is 1.55. The Morgan fingerprint density at radius 3 is 2.64 bits per heavy atom. The van der Waals surface area contributed by atoms with Gasteiger partial charge in [0.1, 0.15) is 0 Å². The van der Waals surface area contributed by atoms with Gasteiger partial charge in [-0.25, -0.2) is 0 Å². The van der Waals surface area contributed by atoms with Crippen molar-refractivity contribution in [1.82, 2.24) is 5.32 Å². The number of hydrogen-bond acceptors (Lipinski definition) is 2. The Bertz CT molecular complexity index is 123. The molecule has 1 aliphatic rings. The molecular weight excluding hydrogens is 138 g/mol. The molecule has 0 aromatic rings. The molecule has 66 valence electrons. The molecule has 2 atom stereocenters. The topological polar surface area (TPSA) is 21.3 Å². The van der Waals surface area contributed by atoms with Crippen LogP contribution in [0, 0.1) is 0 Å². The lowest BCUT2D eigenvalue weighted by atomic mass is 9.88. The molecule has 2 unspecified atom stereocenters. The van der Waals surface area contributed by atoms with Crippen LogP contribution in [0.15, 0.2) is 0 Å². The van der Waals surface area contributed by atoms with Gasteiger partial charge in [0.25, 0.3) is 0 Å². The second kappa shape index (κ2) is 3.55. The summed E-state index contributed by atoms with van der Waals surface area (Å²) in [6.45, 7) is 8.56. The Morgan fingerprint density at radius 2 is 2.27 bits per heavy atom. The van der Waals surface area contributed by atoms with Gasteiger partial charge in [0.05, 0.1) is 18.2 Å². The highest BCUT2D eigenvalue weighted by atomic mass is 16.5. The zero-order valence-electron chi connectivity index (χ0n) is 7.81. The lowest BCUT2D eigenvalue weighted by Gasteiger charge is -2.47. The summed E-state index contributed by atoms with van der Waals surface area (Å²) in [7, 11) is 0. The van der Waals surface area contributed by atoms with E-state index in [9.17, 15) is 0 Å². The molecule has 1 aliphatic heterocycles. The molecule has 1 fully saturated rings. The number of nitrogens with one attached hydrogen (secondary N) is 1. The van der Waals surface area contributed by atoms with Crippen LogP contribution in [0.5, 0.6) is 0 Å². The van der Waals surface area contributed by atoms with E-state index in [1.165, 1.54) is 6.42 Å². The van der Waals surface area contributed by atoms with Crippen LogP contribution in [0.1, 0.15) is 33.6 Å². The molecule has 2 heteroatoms. The summed E-state index contributed by atoms with van der Waals surface area (Å²) >= 11 is 0. The van der Waals surface area contributed by atoms with E-state index < -0.39 is 0 Å². The Balaban J connectivity index is 2.25. The summed E-state index contributed by atoms with van der Waals surface area (Å²) in [5.74, 6) is 0. The van der Waals surface area contributed by atoms with Gasteiger partial charge in [0.15, 0.2) is 0 Å². The molecule has 1 rings (SSSR count). The van der Waals surface area contributed by atoms with Gasteiger partial charge in [-0.15, -0.1) is 0 Å². The quantitative estimate of drug-likeness (QED) is 0.668. The van der Waals surface area contributed by atoms with Gasteiger partial charge in [-0.3, -0.25) is 0 Å². The number of rotatable bonds is 4. The predicted molar refractivity (Wildman–Crippen MR) is 46.7 cm³/mol. The molecule has 0 bridgehead atoms. The minimum absolute atomic E-state index is 0.120. The fourth-order valence-electron chi connectivity index (χ4n) is 1.39. The summed E-state index contributed by atoms with van der Waals surface area (Å²) in [6, 6.07) is 0.590. The van der Waals surface area contributed by atoms with E-state index in [2.05, 4.69) is 26.1 Å². The van der Waals surface area contributed by atoms with E-state index in [0.717, 1.165) is 19.6 Å². The van der Waals surface area contributed by atoms with Gasteiger partial charge in [-0.2, -0.15) is 0 Å². The third kappa shape index (κ3) is 1.74. The summed E-state index contributed by atoms with van der Waals surface area (Å²) in [4.78, 5) is 0. The highest BCUT2D eigenvalue weighted by Gasteiger charge is 2.41. The Labute approximate surface area is 69.3 Å². The van der Waals surface area contributed by atoms with E-state index in [1.54, 1.807) is 0 Å². The molecule has 1 heterocycles. The van der Waals surface area contributed by atoms with Crippen LogP contribution in [-0.2, 0) is 4.74 Å². The van der Waals surface area contributed by atoms with Crippen molar-refractivity contribution in [1.29, 1.82) is 0 Å². The third-order valence-corrected chi connectivity index (χ3v) is 2.66. The molecule has 1 saturated heterocycles. The average molecular weight is 157 g/mol. The van der Waals surface area contributed by atoms with Crippen molar-refractivity contribution in [3.05, 3.63) is 0 Å². The van der Waals surface area contributed by atoms with Crippen LogP contribution in [0.2, 0.25) is 0 Å². The molecule has 0 aromatic heterocycles. The Kier molecular flexibility index (Phi) is 2.90. The first-order valence-electron chi connectivity index (χ1n) is 4.60. The Hall–Kier alpha value is -0.0800. The van der Waals surface area contributed by atoms with Gasteiger partial charge in [0.2, 0.25) is 0 Å². The molecule has 0 spiro atoms. The SMILES string of the molecule is CCCNC1COC1(C)CC. The van der Waals surface area contributed by atoms with E-state index in [4.69, 9.17) is 4.74 Å².